The molecule has 1 saturated carbocycles. The third-order valence-electron chi connectivity index (χ3n) is 8.01. The fourth-order valence-corrected chi connectivity index (χ4v) is 7.24. The number of nitrogens with zero attached hydrogens (tertiary/aromatic N) is 3. The summed E-state index contributed by atoms with van der Waals surface area (Å²) in [5.41, 5.74) is 0.425. The molecule has 1 atom stereocenters. The number of methoxy groups -OCH3 is 1. The summed E-state index contributed by atoms with van der Waals surface area (Å²) >= 11 is 12.5. The molecule has 0 aromatic heterocycles. The van der Waals surface area contributed by atoms with E-state index in [9.17, 15) is 28.1 Å². The maximum atomic E-state index is 14.3. The van der Waals surface area contributed by atoms with Crippen LogP contribution in [0.25, 0.3) is 0 Å². The van der Waals surface area contributed by atoms with Gasteiger partial charge in [0, 0.05) is 34.3 Å². The van der Waals surface area contributed by atoms with Gasteiger partial charge in [0.15, 0.2) is 0 Å². The molecule has 0 unspecified atom stereocenters. The number of sulfonamides is 1. The van der Waals surface area contributed by atoms with Crippen LogP contribution in [-0.2, 0) is 26.2 Å². The van der Waals surface area contributed by atoms with Crippen LogP contribution in [0.1, 0.15) is 50.2 Å². The summed E-state index contributed by atoms with van der Waals surface area (Å²) in [4.78, 5) is 39.7. The van der Waals surface area contributed by atoms with Crippen LogP contribution >= 0.6 is 23.2 Å². The molecule has 3 aromatic rings. The van der Waals surface area contributed by atoms with Crippen molar-refractivity contribution in [1.82, 2.24) is 10.2 Å². The molecule has 4 rings (SSSR count). The van der Waals surface area contributed by atoms with Gasteiger partial charge in [-0.3, -0.25) is 24.0 Å². The summed E-state index contributed by atoms with van der Waals surface area (Å²) in [5, 5.41) is 15.3. The van der Waals surface area contributed by atoms with Crippen LogP contribution in [0.15, 0.2) is 65.6 Å². The van der Waals surface area contributed by atoms with E-state index in [1.807, 2.05) is 0 Å². The SMILES string of the molecule is COc1ccc(Cl)cc1N(CC(=O)N(Cc1cccc(Cl)c1)[C@@H](C)C(=O)NC1CCCCC1)S(=O)(=O)c1ccc(C)c([N+](=O)[O-])c1. The Balaban J connectivity index is 1.78. The number of anilines is 1. The van der Waals surface area contributed by atoms with Gasteiger partial charge in [-0.15, -0.1) is 0 Å². The van der Waals surface area contributed by atoms with Crippen molar-refractivity contribution in [3.63, 3.8) is 0 Å². The van der Waals surface area contributed by atoms with Crippen LogP contribution in [0.4, 0.5) is 11.4 Å². The van der Waals surface area contributed by atoms with E-state index in [4.69, 9.17) is 27.9 Å². The summed E-state index contributed by atoms with van der Waals surface area (Å²) in [5.74, 6) is -0.989. The largest absolute Gasteiger partial charge is 0.495 e. The molecule has 2 amide bonds. The molecule has 11 nitrogen and oxygen atoms in total. The van der Waals surface area contributed by atoms with Crippen LogP contribution in [0.2, 0.25) is 10.0 Å². The first-order valence-electron chi connectivity index (χ1n) is 14.8. The van der Waals surface area contributed by atoms with Crippen LogP contribution < -0.4 is 14.4 Å². The lowest BCUT2D eigenvalue weighted by Gasteiger charge is -2.33. The zero-order chi connectivity index (χ0) is 33.6. The number of hydrogen-bond donors (Lipinski definition) is 1. The highest BCUT2D eigenvalue weighted by Gasteiger charge is 2.35. The highest BCUT2D eigenvalue weighted by atomic mass is 35.5. The molecule has 0 bridgehead atoms. The second kappa shape index (κ2) is 15.1. The normalized spacial score (nSPS) is 14.3. The predicted octanol–water partition coefficient (Wildman–Crippen LogP) is 6.28. The Morgan fingerprint density at radius 1 is 1.04 bits per heavy atom. The van der Waals surface area contributed by atoms with Crippen molar-refractivity contribution in [2.24, 2.45) is 0 Å². The predicted molar refractivity (Wildman–Crippen MR) is 177 cm³/mol. The molecule has 1 fully saturated rings. The highest BCUT2D eigenvalue weighted by Crippen LogP contribution is 2.36. The maximum absolute atomic E-state index is 14.3. The monoisotopic (exact) mass is 690 g/mol. The van der Waals surface area contributed by atoms with Gasteiger partial charge in [-0.2, -0.15) is 0 Å². The third-order valence-corrected chi connectivity index (χ3v) is 10.2. The van der Waals surface area contributed by atoms with Crippen LogP contribution in [0.5, 0.6) is 5.75 Å². The van der Waals surface area contributed by atoms with E-state index in [0.29, 0.717) is 10.6 Å². The number of nitro groups is 1. The molecule has 14 heteroatoms. The molecule has 1 aliphatic rings. The number of aryl methyl sites for hydroxylation is 1. The van der Waals surface area contributed by atoms with E-state index in [1.54, 1.807) is 31.2 Å². The van der Waals surface area contributed by atoms with Crippen molar-refractivity contribution in [2.75, 3.05) is 18.0 Å². The Hall–Kier alpha value is -3.87. The van der Waals surface area contributed by atoms with E-state index in [-0.39, 0.29) is 40.5 Å². The average Bonchev–Trinajstić information content (AvgIpc) is 3.02. The van der Waals surface area contributed by atoms with Gasteiger partial charge in [0.2, 0.25) is 11.8 Å². The molecule has 0 spiro atoms. The molecule has 0 aliphatic heterocycles. The van der Waals surface area contributed by atoms with Crippen molar-refractivity contribution in [3.05, 3.63) is 92.0 Å². The fourth-order valence-electron chi connectivity index (χ4n) is 5.43. The minimum atomic E-state index is -4.63. The molecule has 3 aromatic carbocycles. The van der Waals surface area contributed by atoms with E-state index in [2.05, 4.69) is 5.32 Å². The van der Waals surface area contributed by atoms with Crippen molar-refractivity contribution in [3.8, 4) is 5.75 Å². The minimum Gasteiger partial charge on any atom is -0.495 e. The molecule has 0 saturated heterocycles. The second-order valence-corrected chi connectivity index (χ2v) is 13.9. The summed E-state index contributed by atoms with van der Waals surface area (Å²) in [7, 11) is -3.30. The van der Waals surface area contributed by atoms with Crippen LogP contribution in [0.3, 0.4) is 0 Å². The van der Waals surface area contributed by atoms with E-state index >= 15 is 0 Å². The average molecular weight is 692 g/mol. The van der Waals surface area contributed by atoms with Gasteiger partial charge in [0.05, 0.1) is 22.6 Å². The van der Waals surface area contributed by atoms with Gasteiger partial charge in [0.25, 0.3) is 15.7 Å². The first-order valence-corrected chi connectivity index (χ1v) is 17.0. The van der Waals surface area contributed by atoms with Crippen molar-refractivity contribution in [2.45, 2.75) is 69.5 Å². The lowest BCUT2D eigenvalue weighted by molar-refractivity contribution is -0.385. The first-order chi connectivity index (χ1) is 21.8. The Morgan fingerprint density at radius 2 is 1.74 bits per heavy atom. The molecule has 0 radical (unpaired) electrons. The molecule has 0 heterocycles. The summed E-state index contributed by atoms with van der Waals surface area (Å²) in [6.45, 7) is 2.25. The number of carbonyl (C=O) groups excluding carboxylic acids is 2. The van der Waals surface area contributed by atoms with E-state index in [1.165, 1.54) is 49.3 Å². The lowest BCUT2D eigenvalue weighted by Crippen LogP contribution is -2.53. The molecule has 246 valence electrons. The quantitative estimate of drug-likeness (QED) is 0.174. The molecule has 1 aliphatic carbocycles. The van der Waals surface area contributed by atoms with Gasteiger partial charge in [-0.1, -0.05) is 60.7 Å². The van der Waals surface area contributed by atoms with Crippen molar-refractivity contribution < 1.29 is 27.7 Å². The number of amides is 2. The summed E-state index contributed by atoms with van der Waals surface area (Å²) in [6.07, 6.45) is 4.77. The van der Waals surface area contributed by atoms with Gasteiger partial charge >= 0.3 is 0 Å². The van der Waals surface area contributed by atoms with E-state index < -0.39 is 44.0 Å². The Labute approximate surface area is 278 Å². The number of benzene rings is 3. The second-order valence-electron chi connectivity index (χ2n) is 11.2. The topological polar surface area (TPSA) is 139 Å². The number of nitrogens with one attached hydrogen (secondary N) is 1. The Bertz CT molecular complexity index is 1710. The minimum absolute atomic E-state index is 0.0169. The number of ether oxygens (including phenoxy) is 1. The molecular formula is C32H36Cl2N4O7S. The molecule has 1 N–H and O–H groups in total. The van der Waals surface area contributed by atoms with Gasteiger partial charge in [-0.05, 0) is 68.7 Å². The molecular weight excluding hydrogens is 655 g/mol. The first kappa shape index (κ1) is 35.0. The summed E-state index contributed by atoms with van der Waals surface area (Å²) in [6, 6.07) is 13.6. The lowest BCUT2D eigenvalue weighted by atomic mass is 9.95. The highest BCUT2D eigenvalue weighted by molar-refractivity contribution is 7.92. The fraction of sp³-hybridized carbons (Fsp3) is 0.375. The smallest absolute Gasteiger partial charge is 0.273 e. The van der Waals surface area contributed by atoms with Gasteiger partial charge in [-0.25, -0.2) is 8.42 Å². The molecule has 46 heavy (non-hydrogen) atoms. The Morgan fingerprint density at radius 3 is 2.39 bits per heavy atom. The van der Waals surface area contributed by atoms with Crippen LogP contribution in [-0.4, -0.2) is 55.8 Å². The standard InChI is InChI=1S/C32H36Cl2N4O7S/c1-21-12-14-27(18-28(21)38(41)42)46(43,44)37(29-17-25(34)13-15-30(29)45-3)20-31(39)36(19-23-8-7-9-24(33)16-23)22(2)32(40)35-26-10-5-4-6-11-26/h7-9,12-18,22,26H,4-6,10-11,19-20H2,1-3H3,(H,35,40)/t22-/m0/s1. The number of carbonyl (C=O) groups is 2. The van der Waals surface area contributed by atoms with E-state index in [0.717, 1.165) is 42.5 Å². The third kappa shape index (κ3) is 8.28. The van der Waals surface area contributed by atoms with Gasteiger partial charge in [0.1, 0.15) is 18.3 Å². The Kier molecular flexibility index (Phi) is 11.5. The summed E-state index contributed by atoms with van der Waals surface area (Å²) < 4.78 is 34.8. The maximum Gasteiger partial charge on any atom is 0.273 e. The zero-order valence-electron chi connectivity index (χ0n) is 25.7. The zero-order valence-corrected chi connectivity index (χ0v) is 28.1. The van der Waals surface area contributed by atoms with Crippen molar-refractivity contribution >= 4 is 56.4 Å². The number of rotatable bonds is 12. The van der Waals surface area contributed by atoms with Gasteiger partial charge < -0.3 is 15.0 Å². The number of halogens is 2. The van der Waals surface area contributed by atoms with Crippen molar-refractivity contribution in [1.29, 1.82) is 0 Å². The van der Waals surface area contributed by atoms with Crippen LogP contribution in [0, 0.1) is 17.0 Å². The number of hydrogen-bond acceptors (Lipinski definition) is 7. The number of nitro benzene ring substituents is 1.